The van der Waals surface area contributed by atoms with Crippen molar-refractivity contribution in [2.24, 2.45) is 5.73 Å². The van der Waals surface area contributed by atoms with Gasteiger partial charge in [-0.1, -0.05) is 20.8 Å². The first-order chi connectivity index (χ1) is 8.13. The van der Waals surface area contributed by atoms with E-state index < -0.39 is 0 Å². The Morgan fingerprint density at radius 2 is 1.82 bits per heavy atom. The van der Waals surface area contributed by atoms with Crippen LogP contribution in [0.4, 0.5) is 0 Å². The molecule has 3 heteroatoms. The van der Waals surface area contributed by atoms with Gasteiger partial charge in [0.05, 0.1) is 0 Å². The predicted molar refractivity (Wildman–Crippen MR) is 75.3 cm³/mol. The van der Waals surface area contributed by atoms with Crippen LogP contribution < -0.4 is 5.73 Å². The van der Waals surface area contributed by atoms with Crippen LogP contribution >= 0.6 is 0 Å². The first kappa shape index (κ1) is 14.9. The van der Waals surface area contributed by atoms with Gasteiger partial charge in [-0.25, -0.2) is 0 Å². The molecule has 102 valence electrons. The van der Waals surface area contributed by atoms with E-state index in [1.54, 1.807) is 0 Å². The number of nitrogens with zero attached hydrogens (tertiary/aromatic N) is 2. The highest BCUT2D eigenvalue weighted by molar-refractivity contribution is 4.94. The van der Waals surface area contributed by atoms with Crippen LogP contribution in [0.5, 0.6) is 0 Å². The van der Waals surface area contributed by atoms with Crippen LogP contribution in [-0.4, -0.2) is 54.6 Å². The fraction of sp³-hybridized carbons (Fsp3) is 1.00. The molecule has 3 nitrogen and oxygen atoms in total. The van der Waals surface area contributed by atoms with Crippen molar-refractivity contribution < 1.29 is 0 Å². The molecule has 2 N–H and O–H groups in total. The van der Waals surface area contributed by atoms with Crippen molar-refractivity contribution in [3.05, 3.63) is 0 Å². The van der Waals surface area contributed by atoms with Crippen molar-refractivity contribution >= 4 is 0 Å². The topological polar surface area (TPSA) is 32.5 Å². The monoisotopic (exact) mass is 241 g/mol. The van der Waals surface area contributed by atoms with Gasteiger partial charge in [-0.3, -0.25) is 4.90 Å². The molecule has 0 amide bonds. The van der Waals surface area contributed by atoms with Gasteiger partial charge in [0.25, 0.3) is 0 Å². The van der Waals surface area contributed by atoms with E-state index in [1.165, 1.54) is 45.3 Å². The number of likely N-dealkylation sites (N-methyl/N-ethyl adjacent to an activating group) is 1. The molecule has 0 aromatic rings. The number of hydrogen-bond donors (Lipinski definition) is 1. The van der Waals surface area contributed by atoms with Crippen LogP contribution in [0.1, 0.15) is 46.5 Å². The van der Waals surface area contributed by atoms with E-state index in [2.05, 4.69) is 37.6 Å². The van der Waals surface area contributed by atoms with Gasteiger partial charge in [0, 0.05) is 31.2 Å². The summed E-state index contributed by atoms with van der Waals surface area (Å²) in [6.45, 7) is 11.3. The van der Waals surface area contributed by atoms with E-state index in [0.717, 1.165) is 6.54 Å². The summed E-state index contributed by atoms with van der Waals surface area (Å²) in [4.78, 5) is 5.19. The lowest BCUT2D eigenvalue weighted by Gasteiger charge is -2.46. The van der Waals surface area contributed by atoms with E-state index in [-0.39, 0.29) is 5.54 Å². The number of nitrogens with two attached hydrogens (primary N) is 1. The maximum Gasteiger partial charge on any atom is 0.0329 e. The van der Waals surface area contributed by atoms with Gasteiger partial charge in [-0.2, -0.15) is 0 Å². The summed E-state index contributed by atoms with van der Waals surface area (Å²) in [7, 11) is 2.24. The summed E-state index contributed by atoms with van der Waals surface area (Å²) in [6, 6.07) is 0.672. The van der Waals surface area contributed by atoms with E-state index in [4.69, 9.17) is 5.73 Å². The van der Waals surface area contributed by atoms with Crippen molar-refractivity contribution in [1.29, 1.82) is 0 Å². The molecule has 1 atom stereocenters. The van der Waals surface area contributed by atoms with Crippen LogP contribution in [0, 0.1) is 0 Å². The third-order valence-corrected chi connectivity index (χ3v) is 4.68. The molecule has 1 aliphatic heterocycles. The minimum Gasteiger partial charge on any atom is -0.329 e. The van der Waals surface area contributed by atoms with Crippen LogP contribution in [0.2, 0.25) is 0 Å². The normalized spacial score (nSPS) is 24.9. The zero-order valence-electron chi connectivity index (χ0n) is 12.2. The average molecular weight is 241 g/mol. The highest BCUT2D eigenvalue weighted by atomic mass is 15.3. The van der Waals surface area contributed by atoms with Gasteiger partial charge in [0.1, 0.15) is 0 Å². The Hall–Kier alpha value is -0.120. The van der Waals surface area contributed by atoms with Crippen LogP contribution in [0.15, 0.2) is 0 Å². The van der Waals surface area contributed by atoms with Crippen molar-refractivity contribution in [3.63, 3.8) is 0 Å². The van der Waals surface area contributed by atoms with Gasteiger partial charge in [0.15, 0.2) is 0 Å². The van der Waals surface area contributed by atoms with Gasteiger partial charge in [0.2, 0.25) is 0 Å². The van der Waals surface area contributed by atoms with Gasteiger partial charge >= 0.3 is 0 Å². The maximum absolute atomic E-state index is 6.11. The van der Waals surface area contributed by atoms with Crippen molar-refractivity contribution in [2.45, 2.75) is 58.0 Å². The lowest BCUT2D eigenvalue weighted by molar-refractivity contribution is 0.0401. The molecule has 1 unspecified atom stereocenters. The van der Waals surface area contributed by atoms with E-state index in [1.807, 2.05) is 0 Å². The molecule has 0 spiro atoms. The summed E-state index contributed by atoms with van der Waals surface area (Å²) in [5.41, 5.74) is 6.33. The summed E-state index contributed by atoms with van der Waals surface area (Å²) in [5, 5.41) is 0. The van der Waals surface area contributed by atoms with Crippen LogP contribution in [-0.2, 0) is 0 Å². The SMILES string of the molecule is CCC1CN(C)CCCN1C(CC)(CC)CN. The van der Waals surface area contributed by atoms with Crippen molar-refractivity contribution in [2.75, 3.05) is 33.2 Å². The number of rotatable bonds is 5. The Labute approximate surface area is 107 Å². The molecule has 1 fully saturated rings. The molecular weight excluding hydrogens is 210 g/mol. The van der Waals surface area contributed by atoms with E-state index >= 15 is 0 Å². The molecule has 0 saturated carbocycles. The largest absolute Gasteiger partial charge is 0.329 e. The smallest absolute Gasteiger partial charge is 0.0329 e. The lowest BCUT2D eigenvalue weighted by Crippen LogP contribution is -2.58. The molecule has 0 bridgehead atoms. The fourth-order valence-corrected chi connectivity index (χ4v) is 3.28. The lowest BCUT2D eigenvalue weighted by atomic mass is 9.88. The maximum atomic E-state index is 6.11. The van der Waals surface area contributed by atoms with Gasteiger partial charge < -0.3 is 10.6 Å². The standard InChI is InChI=1S/C14H31N3/c1-5-13-11-16(4)9-8-10-17(13)14(6-2,7-3)12-15/h13H,5-12,15H2,1-4H3. The zero-order chi connectivity index (χ0) is 12.9. The van der Waals surface area contributed by atoms with E-state index in [9.17, 15) is 0 Å². The molecular formula is C14H31N3. The first-order valence-electron chi connectivity index (χ1n) is 7.28. The second kappa shape index (κ2) is 6.72. The molecule has 17 heavy (non-hydrogen) atoms. The summed E-state index contributed by atoms with van der Waals surface area (Å²) < 4.78 is 0. The first-order valence-corrected chi connectivity index (χ1v) is 7.28. The minimum atomic E-state index is 0.228. The molecule has 0 aliphatic carbocycles. The zero-order valence-corrected chi connectivity index (χ0v) is 12.2. The molecule has 1 saturated heterocycles. The molecule has 1 heterocycles. The molecule has 0 aromatic carbocycles. The Bertz CT molecular complexity index is 205. The third kappa shape index (κ3) is 3.21. The Morgan fingerprint density at radius 1 is 1.18 bits per heavy atom. The summed E-state index contributed by atoms with van der Waals surface area (Å²) in [5.74, 6) is 0. The van der Waals surface area contributed by atoms with Crippen molar-refractivity contribution in [3.8, 4) is 0 Å². The summed E-state index contributed by atoms with van der Waals surface area (Å²) >= 11 is 0. The number of hydrogen-bond acceptors (Lipinski definition) is 3. The Kier molecular flexibility index (Phi) is 5.90. The molecule has 1 aliphatic rings. The third-order valence-electron chi connectivity index (χ3n) is 4.68. The Balaban J connectivity index is 2.89. The molecule has 0 aromatic heterocycles. The molecule has 1 rings (SSSR count). The van der Waals surface area contributed by atoms with Crippen LogP contribution in [0.3, 0.4) is 0 Å². The van der Waals surface area contributed by atoms with Gasteiger partial charge in [-0.15, -0.1) is 0 Å². The second-order valence-electron chi connectivity index (χ2n) is 5.51. The van der Waals surface area contributed by atoms with Crippen LogP contribution in [0.25, 0.3) is 0 Å². The Morgan fingerprint density at radius 3 is 2.29 bits per heavy atom. The van der Waals surface area contributed by atoms with Gasteiger partial charge in [-0.05, 0) is 39.3 Å². The van der Waals surface area contributed by atoms with E-state index in [0.29, 0.717) is 6.04 Å². The second-order valence-corrected chi connectivity index (χ2v) is 5.51. The highest BCUT2D eigenvalue weighted by Crippen LogP contribution is 2.28. The highest BCUT2D eigenvalue weighted by Gasteiger charge is 2.37. The van der Waals surface area contributed by atoms with Crippen molar-refractivity contribution in [1.82, 2.24) is 9.80 Å². The fourth-order valence-electron chi connectivity index (χ4n) is 3.28. The minimum absolute atomic E-state index is 0.228. The average Bonchev–Trinajstić information content (AvgIpc) is 2.54. The quantitative estimate of drug-likeness (QED) is 0.798. The summed E-state index contributed by atoms with van der Waals surface area (Å²) in [6.07, 6.45) is 4.83. The molecule has 0 radical (unpaired) electrons. The predicted octanol–water partition coefficient (Wildman–Crippen LogP) is 1.92.